The van der Waals surface area contributed by atoms with Crippen molar-refractivity contribution < 1.29 is 24.1 Å². The Labute approximate surface area is 215 Å². The summed E-state index contributed by atoms with van der Waals surface area (Å²) in [6, 6.07) is 13.7. The highest BCUT2D eigenvalue weighted by molar-refractivity contribution is 5.76. The first-order valence-corrected chi connectivity index (χ1v) is 13.0. The molecule has 1 unspecified atom stereocenters. The maximum atomic E-state index is 13.5. The van der Waals surface area contributed by atoms with Crippen LogP contribution in [0.25, 0.3) is 11.8 Å². The second kappa shape index (κ2) is 8.92. The maximum absolute atomic E-state index is 13.5. The first kappa shape index (κ1) is 24.1. The van der Waals surface area contributed by atoms with Crippen LogP contribution in [0.1, 0.15) is 60.6 Å². The summed E-state index contributed by atoms with van der Waals surface area (Å²) in [5, 5.41) is 27.4. The Morgan fingerprint density at radius 3 is 2.70 bits per heavy atom. The Hall–Kier alpha value is -3.29. The number of esters is 1. The van der Waals surface area contributed by atoms with Crippen LogP contribution in [0.3, 0.4) is 0 Å². The predicted octanol–water partition coefficient (Wildman–Crippen LogP) is 4.71. The molecule has 37 heavy (non-hydrogen) atoms. The van der Waals surface area contributed by atoms with Crippen LogP contribution in [0.15, 0.2) is 60.3 Å². The number of rotatable bonds is 7. The molecule has 0 amide bonds. The minimum Gasteiger partial charge on any atom is -0.467 e. The van der Waals surface area contributed by atoms with Crippen LogP contribution in [-0.4, -0.2) is 38.7 Å². The van der Waals surface area contributed by atoms with Crippen molar-refractivity contribution in [3.05, 3.63) is 88.5 Å². The number of ether oxygens (including phenoxy) is 1. The molecule has 7 heteroatoms. The number of aryl methyl sites for hydroxylation is 1. The molecule has 0 aliphatic heterocycles. The summed E-state index contributed by atoms with van der Waals surface area (Å²) >= 11 is 0. The third-order valence-corrected chi connectivity index (χ3v) is 8.81. The zero-order valence-electron chi connectivity index (χ0n) is 20.9. The number of nitrogens with zero attached hydrogens (tertiary/aromatic N) is 2. The molecule has 6 nitrogen and oxygen atoms in total. The van der Waals surface area contributed by atoms with Gasteiger partial charge < -0.3 is 14.9 Å². The third kappa shape index (κ3) is 3.83. The average Bonchev–Trinajstić information content (AvgIpc) is 3.64. The number of methoxy groups -OCH3 is 1. The molecule has 1 aromatic heterocycles. The van der Waals surface area contributed by atoms with E-state index in [1.165, 1.54) is 24.8 Å². The van der Waals surface area contributed by atoms with Crippen molar-refractivity contribution in [3.8, 4) is 5.69 Å². The monoisotopic (exact) mass is 502 g/mol. The van der Waals surface area contributed by atoms with E-state index in [2.05, 4.69) is 11.2 Å². The molecule has 2 saturated carbocycles. The highest BCUT2D eigenvalue weighted by atomic mass is 19.1. The van der Waals surface area contributed by atoms with E-state index in [1.807, 2.05) is 23.0 Å². The van der Waals surface area contributed by atoms with Crippen LogP contribution in [0.4, 0.5) is 4.39 Å². The van der Waals surface area contributed by atoms with Gasteiger partial charge in [0, 0.05) is 5.41 Å². The van der Waals surface area contributed by atoms with E-state index in [4.69, 9.17) is 4.74 Å². The van der Waals surface area contributed by atoms with Crippen LogP contribution in [0.5, 0.6) is 0 Å². The van der Waals surface area contributed by atoms with Crippen molar-refractivity contribution in [1.82, 2.24) is 9.78 Å². The third-order valence-electron chi connectivity index (χ3n) is 8.81. The Bertz CT molecular complexity index is 1380. The number of hydrogen-bond donors (Lipinski definition) is 2. The number of hydrogen-bond acceptors (Lipinski definition) is 5. The highest BCUT2D eigenvalue weighted by Crippen LogP contribution is 2.66. The molecule has 0 spiro atoms. The first-order valence-electron chi connectivity index (χ1n) is 13.0. The van der Waals surface area contributed by atoms with Gasteiger partial charge in [-0.25, -0.2) is 13.9 Å². The normalized spacial score (nSPS) is 25.2. The van der Waals surface area contributed by atoms with Gasteiger partial charge >= 0.3 is 5.97 Å². The van der Waals surface area contributed by atoms with Gasteiger partial charge in [0.05, 0.1) is 30.3 Å². The number of halogens is 1. The molecular formula is C30H31FN2O4. The minimum atomic E-state index is -1.35. The highest BCUT2D eigenvalue weighted by Gasteiger charge is 2.63. The van der Waals surface area contributed by atoms with Crippen molar-refractivity contribution in [2.24, 2.45) is 11.3 Å². The van der Waals surface area contributed by atoms with Crippen molar-refractivity contribution in [2.45, 2.75) is 56.7 Å². The molecule has 2 N–H and O–H groups in total. The SMILES string of the molecule is COC(=O)C(O)c1ccccc1CC[C@]1(O)CCC2=Cc3c(cnn3-c3ccc(F)cc3)C[C@@]21C1CC1. The Balaban J connectivity index is 1.32. The molecule has 0 bridgehead atoms. The zero-order chi connectivity index (χ0) is 25.8. The molecule has 6 rings (SSSR count). The standard InChI is InChI=1S/C30H31FN2O4/c1-37-28(35)27(34)25-5-3-2-4-19(25)12-14-29(36)15-13-22-16-26-20(17-30(22,29)21-6-7-21)18-32-33(26)24-10-8-23(31)9-11-24/h2-5,8-11,16,18,21,27,34,36H,6-7,12-15,17H2,1H3/t27?,29-,30+/m0/s1. The number of benzene rings is 2. The van der Waals surface area contributed by atoms with Crippen LogP contribution < -0.4 is 0 Å². The summed E-state index contributed by atoms with van der Waals surface area (Å²) in [7, 11) is 1.26. The van der Waals surface area contributed by atoms with Gasteiger partial charge in [-0.2, -0.15) is 5.10 Å². The smallest absolute Gasteiger partial charge is 0.339 e. The van der Waals surface area contributed by atoms with E-state index in [9.17, 15) is 19.4 Å². The topological polar surface area (TPSA) is 84.6 Å². The molecule has 0 radical (unpaired) electrons. The lowest BCUT2D eigenvalue weighted by molar-refractivity contribution is -0.150. The van der Waals surface area contributed by atoms with E-state index in [0.29, 0.717) is 30.7 Å². The molecule has 2 aromatic carbocycles. The van der Waals surface area contributed by atoms with E-state index in [0.717, 1.165) is 48.2 Å². The van der Waals surface area contributed by atoms with Gasteiger partial charge in [-0.15, -0.1) is 0 Å². The van der Waals surface area contributed by atoms with Gasteiger partial charge in [-0.05, 0) is 97.9 Å². The Morgan fingerprint density at radius 1 is 1.22 bits per heavy atom. The van der Waals surface area contributed by atoms with E-state index < -0.39 is 17.7 Å². The molecule has 3 aromatic rings. The molecule has 192 valence electrons. The van der Waals surface area contributed by atoms with Gasteiger partial charge in [-0.3, -0.25) is 0 Å². The quantitative estimate of drug-likeness (QED) is 0.457. The van der Waals surface area contributed by atoms with Crippen LogP contribution >= 0.6 is 0 Å². The fourth-order valence-electron chi connectivity index (χ4n) is 6.82. The largest absolute Gasteiger partial charge is 0.467 e. The second-order valence-electron chi connectivity index (χ2n) is 10.7. The van der Waals surface area contributed by atoms with E-state index in [1.54, 1.807) is 24.3 Å². The summed E-state index contributed by atoms with van der Waals surface area (Å²) in [5.41, 5.74) is 4.32. The van der Waals surface area contributed by atoms with Gasteiger partial charge in [-0.1, -0.05) is 29.8 Å². The minimum absolute atomic E-state index is 0.280. The van der Waals surface area contributed by atoms with Crippen LogP contribution in [-0.2, 0) is 22.4 Å². The van der Waals surface area contributed by atoms with Crippen LogP contribution in [0, 0.1) is 17.2 Å². The van der Waals surface area contributed by atoms with Crippen molar-refractivity contribution >= 4 is 12.0 Å². The maximum Gasteiger partial charge on any atom is 0.339 e. The van der Waals surface area contributed by atoms with Crippen molar-refractivity contribution in [1.29, 1.82) is 0 Å². The molecule has 3 aliphatic carbocycles. The Kier molecular flexibility index (Phi) is 5.81. The number of aliphatic hydroxyl groups excluding tert-OH is 1. The average molecular weight is 503 g/mol. The van der Waals surface area contributed by atoms with Crippen molar-refractivity contribution in [2.75, 3.05) is 7.11 Å². The number of fused-ring (bicyclic) bond motifs is 2. The van der Waals surface area contributed by atoms with Crippen molar-refractivity contribution in [3.63, 3.8) is 0 Å². The summed E-state index contributed by atoms with van der Waals surface area (Å²) in [6.45, 7) is 0. The molecule has 1 heterocycles. The lowest BCUT2D eigenvalue weighted by atomic mass is 9.61. The predicted molar refractivity (Wildman–Crippen MR) is 136 cm³/mol. The molecule has 2 fully saturated rings. The fourth-order valence-corrected chi connectivity index (χ4v) is 6.82. The van der Waals surface area contributed by atoms with Gasteiger partial charge in [0.25, 0.3) is 0 Å². The molecule has 3 aliphatic rings. The fraction of sp³-hybridized carbons (Fsp3) is 0.400. The van der Waals surface area contributed by atoms with Gasteiger partial charge in [0.15, 0.2) is 6.10 Å². The zero-order valence-corrected chi connectivity index (χ0v) is 20.9. The Morgan fingerprint density at radius 2 is 1.97 bits per heavy atom. The molecule has 3 atom stereocenters. The number of carbonyl (C=O) groups is 1. The van der Waals surface area contributed by atoms with Gasteiger partial charge in [0.1, 0.15) is 5.82 Å². The molecular weight excluding hydrogens is 471 g/mol. The summed E-state index contributed by atoms with van der Waals surface area (Å²) in [4.78, 5) is 12.0. The number of aromatic nitrogens is 2. The van der Waals surface area contributed by atoms with Gasteiger partial charge in [0.2, 0.25) is 0 Å². The van der Waals surface area contributed by atoms with E-state index >= 15 is 0 Å². The summed E-state index contributed by atoms with van der Waals surface area (Å²) < 4.78 is 20.1. The number of carbonyl (C=O) groups excluding carboxylic acids is 1. The number of aliphatic hydroxyl groups is 2. The second-order valence-corrected chi connectivity index (χ2v) is 10.7. The summed E-state index contributed by atoms with van der Waals surface area (Å²) in [5.74, 6) is -0.549. The molecule has 0 saturated heterocycles. The lowest BCUT2D eigenvalue weighted by Crippen LogP contribution is -2.49. The lowest BCUT2D eigenvalue weighted by Gasteiger charge is -2.46. The van der Waals surface area contributed by atoms with E-state index in [-0.39, 0.29) is 11.2 Å². The summed E-state index contributed by atoms with van der Waals surface area (Å²) in [6.07, 6.45) is 8.23. The van der Waals surface area contributed by atoms with Crippen LogP contribution in [0.2, 0.25) is 0 Å². The first-order chi connectivity index (χ1) is 17.9.